The van der Waals surface area contributed by atoms with E-state index >= 15 is 0 Å². The molecule has 0 aromatic heterocycles. The smallest absolute Gasteiger partial charge is 0.324 e. The van der Waals surface area contributed by atoms with Crippen molar-refractivity contribution in [2.45, 2.75) is 32.5 Å². The fourth-order valence-corrected chi connectivity index (χ4v) is 1.70. The Labute approximate surface area is 114 Å². The van der Waals surface area contributed by atoms with Crippen molar-refractivity contribution in [3.63, 3.8) is 0 Å². The summed E-state index contributed by atoms with van der Waals surface area (Å²) in [6, 6.07) is 1.76. The number of hydrogen-bond acceptors (Lipinski definition) is 2. The van der Waals surface area contributed by atoms with Gasteiger partial charge in [0.1, 0.15) is 5.82 Å². The summed E-state index contributed by atoms with van der Waals surface area (Å²) in [6.07, 6.45) is -4.53. The molecule has 0 bridgehead atoms. The molecule has 0 aliphatic heterocycles. The van der Waals surface area contributed by atoms with Crippen molar-refractivity contribution in [3.05, 3.63) is 29.6 Å². The monoisotopic (exact) mass is 292 g/mol. The van der Waals surface area contributed by atoms with E-state index in [9.17, 15) is 22.4 Å². The number of rotatable bonds is 5. The van der Waals surface area contributed by atoms with Crippen molar-refractivity contribution in [3.8, 4) is 0 Å². The van der Waals surface area contributed by atoms with Gasteiger partial charge in [-0.1, -0.05) is 6.92 Å². The quantitative estimate of drug-likeness (QED) is 0.818. The molecule has 0 heterocycles. The molecule has 0 fully saturated rings. The predicted octanol–water partition coefficient (Wildman–Crippen LogP) is 3.17. The maximum Gasteiger partial charge on any atom is 0.416 e. The summed E-state index contributed by atoms with van der Waals surface area (Å²) in [6.45, 7) is 4.28. The first-order chi connectivity index (χ1) is 9.24. The summed E-state index contributed by atoms with van der Waals surface area (Å²) >= 11 is 0. The fraction of sp³-hybridized carbons (Fsp3) is 0.462. The van der Waals surface area contributed by atoms with Gasteiger partial charge in [0.05, 0.1) is 11.3 Å². The van der Waals surface area contributed by atoms with E-state index in [0.717, 1.165) is 0 Å². The average Bonchev–Trinajstić information content (AvgIpc) is 2.30. The van der Waals surface area contributed by atoms with E-state index in [0.29, 0.717) is 24.7 Å². The third-order valence-corrected chi connectivity index (χ3v) is 2.61. The number of hydrogen-bond donors (Lipinski definition) is 2. The van der Waals surface area contributed by atoms with E-state index < -0.39 is 29.2 Å². The Morgan fingerprint density at radius 3 is 2.55 bits per heavy atom. The highest BCUT2D eigenvalue weighted by atomic mass is 19.4. The third-order valence-electron chi connectivity index (χ3n) is 2.61. The first-order valence-corrected chi connectivity index (χ1v) is 6.14. The minimum Gasteiger partial charge on any atom is -0.324 e. The molecule has 20 heavy (non-hydrogen) atoms. The molecule has 7 heteroatoms. The molecule has 1 unspecified atom stereocenters. The molecule has 112 valence electrons. The molecule has 1 aromatic carbocycles. The molecule has 2 N–H and O–H groups in total. The second-order valence-corrected chi connectivity index (χ2v) is 4.40. The highest BCUT2D eigenvalue weighted by Gasteiger charge is 2.31. The van der Waals surface area contributed by atoms with E-state index in [1.807, 2.05) is 6.92 Å². The largest absolute Gasteiger partial charge is 0.416 e. The summed E-state index contributed by atoms with van der Waals surface area (Å²) < 4.78 is 50.9. The second kappa shape index (κ2) is 6.69. The number of halogens is 4. The van der Waals surface area contributed by atoms with Gasteiger partial charge < -0.3 is 10.6 Å². The molecule has 1 aromatic rings. The van der Waals surface area contributed by atoms with Crippen molar-refractivity contribution in [2.24, 2.45) is 0 Å². The van der Waals surface area contributed by atoms with Crippen LogP contribution in [0.25, 0.3) is 0 Å². The lowest BCUT2D eigenvalue weighted by molar-refractivity contribution is -0.137. The molecule has 0 aliphatic rings. The Bertz CT molecular complexity index is 474. The van der Waals surface area contributed by atoms with Gasteiger partial charge in [-0.25, -0.2) is 4.39 Å². The van der Waals surface area contributed by atoms with Crippen LogP contribution in [-0.2, 0) is 11.0 Å². The first-order valence-electron chi connectivity index (χ1n) is 6.14. The summed E-state index contributed by atoms with van der Waals surface area (Å²) in [5.74, 6) is -1.45. The van der Waals surface area contributed by atoms with Crippen LogP contribution in [0.2, 0.25) is 0 Å². The standard InChI is InChI=1S/C13H16F4N2O/c1-3-18-8(2)6-12(20)19-11-7-9(13(15,16)17)4-5-10(11)14/h4-5,7-8,18H,3,6H2,1-2H3,(H,19,20). The number of nitrogens with one attached hydrogen (secondary N) is 2. The van der Waals surface area contributed by atoms with Gasteiger partial charge in [0, 0.05) is 12.5 Å². The van der Waals surface area contributed by atoms with Crippen LogP contribution in [0.1, 0.15) is 25.8 Å². The zero-order chi connectivity index (χ0) is 15.3. The van der Waals surface area contributed by atoms with E-state index in [4.69, 9.17) is 0 Å². The zero-order valence-electron chi connectivity index (χ0n) is 11.1. The Morgan fingerprint density at radius 2 is 2.00 bits per heavy atom. The van der Waals surface area contributed by atoms with E-state index in [-0.39, 0.29) is 12.5 Å². The summed E-state index contributed by atoms with van der Waals surface area (Å²) in [5.41, 5.74) is -1.47. The molecule has 0 spiro atoms. The third kappa shape index (κ3) is 4.80. The summed E-state index contributed by atoms with van der Waals surface area (Å²) in [7, 11) is 0. The SMILES string of the molecule is CCNC(C)CC(=O)Nc1cc(C(F)(F)F)ccc1F. The van der Waals surface area contributed by atoms with Gasteiger partial charge in [-0.2, -0.15) is 13.2 Å². The molecule has 0 saturated carbocycles. The molecule has 0 saturated heterocycles. The topological polar surface area (TPSA) is 41.1 Å². The molecular formula is C13H16F4N2O. The van der Waals surface area contributed by atoms with Crippen molar-refractivity contribution < 1.29 is 22.4 Å². The Balaban J connectivity index is 2.79. The van der Waals surface area contributed by atoms with Crippen LogP contribution in [0.4, 0.5) is 23.2 Å². The lowest BCUT2D eigenvalue weighted by atomic mass is 10.1. The number of anilines is 1. The van der Waals surface area contributed by atoms with Crippen LogP contribution in [0.3, 0.4) is 0 Å². The molecule has 1 amide bonds. The number of carbonyl (C=O) groups is 1. The van der Waals surface area contributed by atoms with Crippen molar-refractivity contribution in [1.29, 1.82) is 0 Å². The number of benzene rings is 1. The Hall–Kier alpha value is -1.63. The van der Waals surface area contributed by atoms with Crippen LogP contribution in [0.5, 0.6) is 0 Å². The van der Waals surface area contributed by atoms with Gasteiger partial charge in [0.25, 0.3) is 0 Å². The molecule has 1 atom stereocenters. The Kier molecular flexibility index (Phi) is 5.50. The van der Waals surface area contributed by atoms with E-state index in [1.54, 1.807) is 6.92 Å². The maximum atomic E-state index is 13.4. The van der Waals surface area contributed by atoms with Gasteiger partial charge in [-0.05, 0) is 31.7 Å². The Morgan fingerprint density at radius 1 is 1.35 bits per heavy atom. The minimum absolute atomic E-state index is 0.0452. The average molecular weight is 292 g/mol. The van der Waals surface area contributed by atoms with Crippen LogP contribution in [0, 0.1) is 5.82 Å². The summed E-state index contributed by atoms with van der Waals surface area (Å²) in [4.78, 5) is 11.6. The minimum atomic E-state index is -4.58. The maximum absolute atomic E-state index is 13.4. The first kappa shape index (κ1) is 16.4. The van der Waals surface area contributed by atoms with E-state index in [2.05, 4.69) is 10.6 Å². The van der Waals surface area contributed by atoms with Crippen LogP contribution in [-0.4, -0.2) is 18.5 Å². The number of amides is 1. The lowest BCUT2D eigenvalue weighted by Gasteiger charge is -2.14. The van der Waals surface area contributed by atoms with Gasteiger partial charge in [0.15, 0.2) is 0 Å². The van der Waals surface area contributed by atoms with Gasteiger partial charge >= 0.3 is 6.18 Å². The second-order valence-electron chi connectivity index (χ2n) is 4.40. The van der Waals surface area contributed by atoms with Gasteiger partial charge in [0.2, 0.25) is 5.91 Å². The zero-order valence-corrected chi connectivity index (χ0v) is 11.1. The van der Waals surface area contributed by atoms with E-state index in [1.165, 1.54) is 0 Å². The number of alkyl halides is 3. The van der Waals surface area contributed by atoms with Crippen LogP contribution < -0.4 is 10.6 Å². The molecule has 1 rings (SSSR count). The molecular weight excluding hydrogens is 276 g/mol. The molecule has 0 aliphatic carbocycles. The van der Waals surface area contributed by atoms with Crippen molar-refractivity contribution in [2.75, 3.05) is 11.9 Å². The van der Waals surface area contributed by atoms with Crippen molar-refractivity contribution in [1.82, 2.24) is 5.32 Å². The highest BCUT2D eigenvalue weighted by Crippen LogP contribution is 2.31. The predicted molar refractivity (Wildman–Crippen MR) is 67.8 cm³/mol. The van der Waals surface area contributed by atoms with Crippen LogP contribution >= 0.6 is 0 Å². The normalized spacial score (nSPS) is 13.1. The van der Waals surface area contributed by atoms with Gasteiger partial charge in [-0.3, -0.25) is 4.79 Å². The molecule has 0 radical (unpaired) electrons. The van der Waals surface area contributed by atoms with Crippen LogP contribution in [0.15, 0.2) is 18.2 Å². The fourth-order valence-electron chi connectivity index (χ4n) is 1.70. The lowest BCUT2D eigenvalue weighted by Crippen LogP contribution is -2.30. The summed E-state index contributed by atoms with van der Waals surface area (Å²) in [5, 5.41) is 5.14. The van der Waals surface area contributed by atoms with Gasteiger partial charge in [-0.15, -0.1) is 0 Å². The number of carbonyl (C=O) groups excluding carboxylic acids is 1. The highest BCUT2D eigenvalue weighted by molar-refractivity contribution is 5.91. The van der Waals surface area contributed by atoms with Crippen molar-refractivity contribution >= 4 is 11.6 Å². The molecule has 3 nitrogen and oxygen atoms in total.